The van der Waals surface area contributed by atoms with Crippen molar-refractivity contribution in [2.24, 2.45) is 0 Å². The quantitative estimate of drug-likeness (QED) is 0.912. The van der Waals surface area contributed by atoms with Crippen LogP contribution in [0.5, 0.6) is 0 Å². The molecule has 1 aromatic heterocycles. The van der Waals surface area contributed by atoms with Crippen LogP contribution in [0.1, 0.15) is 62.6 Å². The van der Waals surface area contributed by atoms with Gasteiger partial charge in [-0.25, -0.2) is 0 Å². The molecule has 3 nitrogen and oxygen atoms in total. The van der Waals surface area contributed by atoms with E-state index in [1.54, 1.807) is 0 Å². The number of likely N-dealkylation sites (tertiary alicyclic amines) is 1. The van der Waals surface area contributed by atoms with Crippen LogP contribution in [-0.4, -0.2) is 28.5 Å². The predicted molar refractivity (Wildman–Crippen MR) is 80.5 cm³/mol. The number of nitrogens with zero attached hydrogens (tertiary/aromatic N) is 2. The van der Waals surface area contributed by atoms with Crippen molar-refractivity contribution in [1.29, 1.82) is 5.26 Å². The molecule has 0 amide bonds. The first kappa shape index (κ1) is 13.7. The number of aromatic nitrogens is 1. The largest absolute Gasteiger partial charge is 0.353 e. The average Bonchev–Trinajstić information content (AvgIpc) is 2.96. The van der Waals surface area contributed by atoms with E-state index in [1.165, 1.54) is 70.0 Å². The lowest BCUT2D eigenvalue weighted by molar-refractivity contribution is 0.0336. The van der Waals surface area contributed by atoms with Crippen LogP contribution in [-0.2, 0) is 6.42 Å². The lowest BCUT2D eigenvalue weighted by Gasteiger charge is -2.48. The SMILES string of the molecule is N#Cc1cc(CC2(N3CCCCC3)CCCCC2)c[nH]1. The van der Waals surface area contributed by atoms with E-state index in [-0.39, 0.29) is 0 Å². The molecule has 0 radical (unpaired) electrons. The average molecular weight is 271 g/mol. The van der Waals surface area contributed by atoms with Gasteiger partial charge in [0.25, 0.3) is 0 Å². The number of aromatic amines is 1. The normalized spacial score (nSPS) is 23.4. The molecule has 2 fully saturated rings. The molecule has 1 aliphatic heterocycles. The number of hydrogen-bond acceptors (Lipinski definition) is 2. The van der Waals surface area contributed by atoms with Crippen molar-refractivity contribution in [1.82, 2.24) is 9.88 Å². The van der Waals surface area contributed by atoms with Gasteiger partial charge in [-0.05, 0) is 56.8 Å². The molecule has 1 saturated heterocycles. The summed E-state index contributed by atoms with van der Waals surface area (Å²) in [6.45, 7) is 2.55. The zero-order valence-electron chi connectivity index (χ0n) is 12.3. The van der Waals surface area contributed by atoms with Crippen molar-refractivity contribution in [3.05, 3.63) is 23.5 Å². The second kappa shape index (κ2) is 6.01. The third kappa shape index (κ3) is 2.76. The Balaban J connectivity index is 1.79. The van der Waals surface area contributed by atoms with Crippen LogP contribution in [0.4, 0.5) is 0 Å². The molecule has 3 heteroatoms. The van der Waals surface area contributed by atoms with Gasteiger partial charge in [-0.1, -0.05) is 25.7 Å². The van der Waals surface area contributed by atoms with Gasteiger partial charge in [0, 0.05) is 11.7 Å². The summed E-state index contributed by atoms with van der Waals surface area (Å²) in [5.74, 6) is 0. The maximum Gasteiger partial charge on any atom is 0.117 e. The van der Waals surface area contributed by atoms with E-state index in [4.69, 9.17) is 5.26 Å². The van der Waals surface area contributed by atoms with Crippen LogP contribution in [0, 0.1) is 11.3 Å². The Morgan fingerprint density at radius 3 is 2.45 bits per heavy atom. The van der Waals surface area contributed by atoms with Gasteiger partial charge in [-0.2, -0.15) is 5.26 Å². The third-order valence-electron chi connectivity index (χ3n) is 5.21. The number of hydrogen-bond donors (Lipinski definition) is 1. The summed E-state index contributed by atoms with van der Waals surface area (Å²) < 4.78 is 0. The van der Waals surface area contributed by atoms with Crippen LogP contribution < -0.4 is 0 Å². The molecular weight excluding hydrogens is 246 g/mol. The Bertz CT molecular complexity index is 471. The smallest absolute Gasteiger partial charge is 0.117 e. The minimum Gasteiger partial charge on any atom is -0.353 e. The zero-order valence-corrected chi connectivity index (χ0v) is 12.3. The fourth-order valence-corrected chi connectivity index (χ4v) is 4.17. The lowest BCUT2D eigenvalue weighted by Crippen LogP contribution is -2.53. The van der Waals surface area contributed by atoms with Crippen molar-refractivity contribution >= 4 is 0 Å². The molecular formula is C17H25N3. The summed E-state index contributed by atoms with van der Waals surface area (Å²) >= 11 is 0. The summed E-state index contributed by atoms with van der Waals surface area (Å²) in [5, 5.41) is 8.98. The Kier molecular flexibility index (Phi) is 4.12. The van der Waals surface area contributed by atoms with Gasteiger partial charge in [0.15, 0.2) is 0 Å². The third-order valence-corrected chi connectivity index (χ3v) is 5.21. The van der Waals surface area contributed by atoms with E-state index in [0.29, 0.717) is 11.2 Å². The summed E-state index contributed by atoms with van der Waals surface area (Å²) in [7, 11) is 0. The molecule has 0 spiro atoms. The maximum absolute atomic E-state index is 8.98. The van der Waals surface area contributed by atoms with Gasteiger partial charge in [-0.3, -0.25) is 4.90 Å². The first-order valence-corrected chi connectivity index (χ1v) is 8.15. The number of piperidine rings is 1. The van der Waals surface area contributed by atoms with Crippen LogP contribution in [0.3, 0.4) is 0 Å². The minimum absolute atomic E-state index is 0.369. The van der Waals surface area contributed by atoms with E-state index in [2.05, 4.69) is 16.0 Å². The van der Waals surface area contributed by atoms with Gasteiger partial charge in [0.05, 0.1) is 0 Å². The van der Waals surface area contributed by atoms with Crippen LogP contribution in [0.25, 0.3) is 0 Å². The first-order valence-electron chi connectivity index (χ1n) is 8.15. The summed E-state index contributed by atoms with van der Waals surface area (Å²) in [6, 6.07) is 4.25. The highest BCUT2D eigenvalue weighted by Gasteiger charge is 2.38. The second-order valence-electron chi connectivity index (χ2n) is 6.54. The lowest BCUT2D eigenvalue weighted by atomic mass is 9.75. The molecule has 2 aliphatic rings. The number of nitriles is 1. The molecule has 2 heterocycles. The second-order valence-corrected chi connectivity index (χ2v) is 6.54. The van der Waals surface area contributed by atoms with Crippen LogP contribution in [0.15, 0.2) is 12.3 Å². The highest BCUT2D eigenvalue weighted by atomic mass is 15.2. The Morgan fingerprint density at radius 2 is 1.80 bits per heavy atom. The van der Waals surface area contributed by atoms with Crippen molar-refractivity contribution < 1.29 is 0 Å². The highest BCUT2D eigenvalue weighted by Crippen LogP contribution is 2.38. The molecule has 0 aromatic carbocycles. The molecule has 0 atom stereocenters. The molecule has 108 valence electrons. The summed E-state index contributed by atoms with van der Waals surface area (Å²) in [6.07, 6.45) is 14.1. The fraction of sp³-hybridized carbons (Fsp3) is 0.706. The van der Waals surface area contributed by atoms with E-state index >= 15 is 0 Å². The number of nitrogens with one attached hydrogen (secondary N) is 1. The van der Waals surface area contributed by atoms with Crippen molar-refractivity contribution in [3.8, 4) is 6.07 Å². The molecule has 20 heavy (non-hydrogen) atoms. The molecule has 1 aromatic rings. The predicted octanol–water partition coefficient (Wildman–Crippen LogP) is 3.62. The van der Waals surface area contributed by atoms with E-state index < -0.39 is 0 Å². The topological polar surface area (TPSA) is 42.8 Å². The van der Waals surface area contributed by atoms with Gasteiger partial charge in [0.1, 0.15) is 11.8 Å². The highest BCUT2D eigenvalue weighted by molar-refractivity contribution is 5.28. The maximum atomic E-state index is 8.98. The summed E-state index contributed by atoms with van der Waals surface area (Å²) in [4.78, 5) is 5.86. The molecule has 1 saturated carbocycles. The number of H-pyrrole nitrogens is 1. The van der Waals surface area contributed by atoms with Crippen LogP contribution >= 0.6 is 0 Å². The van der Waals surface area contributed by atoms with E-state index in [0.717, 1.165) is 6.42 Å². The van der Waals surface area contributed by atoms with Crippen molar-refractivity contribution in [3.63, 3.8) is 0 Å². The molecule has 1 aliphatic carbocycles. The van der Waals surface area contributed by atoms with Gasteiger partial charge in [-0.15, -0.1) is 0 Å². The first-order chi connectivity index (χ1) is 9.82. The molecule has 3 rings (SSSR count). The number of rotatable bonds is 3. The van der Waals surface area contributed by atoms with Gasteiger partial charge in [0.2, 0.25) is 0 Å². The minimum atomic E-state index is 0.369. The molecule has 0 unspecified atom stereocenters. The fourth-order valence-electron chi connectivity index (χ4n) is 4.17. The van der Waals surface area contributed by atoms with Crippen molar-refractivity contribution in [2.75, 3.05) is 13.1 Å². The van der Waals surface area contributed by atoms with Gasteiger partial charge >= 0.3 is 0 Å². The summed E-state index contributed by atoms with van der Waals surface area (Å²) in [5.41, 5.74) is 2.38. The molecule has 0 bridgehead atoms. The van der Waals surface area contributed by atoms with E-state index in [9.17, 15) is 0 Å². The Labute approximate surface area is 122 Å². The van der Waals surface area contributed by atoms with Crippen molar-refractivity contribution in [2.45, 2.75) is 63.3 Å². The standard InChI is InChI=1S/C17H25N3/c18-13-16-11-15(14-19-16)12-17(7-3-1-4-8-17)20-9-5-2-6-10-20/h11,14,19H,1-10,12H2. The van der Waals surface area contributed by atoms with Gasteiger partial charge < -0.3 is 4.98 Å². The van der Waals surface area contributed by atoms with Crippen LogP contribution in [0.2, 0.25) is 0 Å². The Morgan fingerprint density at radius 1 is 1.10 bits per heavy atom. The monoisotopic (exact) mass is 271 g/mol. The van der Waals surface area contributed by atoms with E-state index in [1.807, 2.05) is 12.3 Å². The Hall–Kier alpha value is -1.27. The zero-order chi connectivity index (χ0) is 13.8. The molecule has 1 N–H and O–H groups in total.